The van der Waals surface area contributed by atoms with Crippen LogP contribution in [0.25, 0.3) is 0 Å². The van der Waals surface area contributed by atoms with E-state index in [9.17, 15) is 24.0 Å². The van der Waals surface area contributed by atoms with E-state index in [1.54, 1.807) is 34.6 Å². The van der Waals surface area contributed by atoms with Crippen molar-refractivity contribution in [1.29, 1.82) is 0 Å². The van der Waals surface area contributed by atoms with E-state index in [4.69, 9.17) is 9.47 Å². The minimum Gasteiger partial charge on any atom is -0.459 e. The number of rotatable bonds is 12. The third-order valence-electron chi connectivity index (χ3n) is 8.13. The van der Waals surface area contributed by atoms with E-state index in [-0.39, 0.29) is 48.0 Å². The molecule has 43 heavy (non-hydrogen) atoms. The number of carbonyl (C=O) groups excluding carboxylic acids is 5. The highest BCUT2D eigenvalue weighted by atomic mass is 16.6. The van der Waals surface area contributed by atoms with Crippen LogP contribution in [0.3, 0.4) is 0 Å². The van der Waals surface area contributed by atoms with E-state index < -0.39 is 29.7 Å². The number of ether oxygens (including phenoxy) is 2. The number of alkyl carbamates (subject to hydrolysis) is 1. The molecule has 2 saturated carbocycles. The summed E-state index contributed by atoms with van der Waals surface area (Å²) in [6, 6.07) is 7.79. The number of benzene rings is 1. The molecule has 1 aromatic rings. The molecular weight excluding hydrogens is 552 g/mol. The second kappa shape index (κ2) is 15.7. The van der Waals surface area contributed by atoms with Crippen molar-refractivity contribution in [2.24, 2.45) is 23.7 Å². The number of hydrogen-bond donors (Lipinski definition) is 4. The average Bonchev–Trinajstić information content (AvgIpc) is 3.63. The maximum absolute atomic E-state index is 13.0. The van der Waals surface area contributed by atoms with E-state index >= 15 is 0 Å². The zero-order valence-electron chi connectivity index (χ0n) is 26.1. The first-order chi connectivity index (χ1) is 20.3. The zero-order chi connectivity index (χ0) is 31.6. The van der Waals surface area contributed by atoms with Crippen molar-refractivity contribution in [1.82, 2.24) is 21.3 Å². The molecule has 0 heterocycles. The minimum atomic E-state index is -0.791. The number of amides is 4. The van der Waals surface area contributed by atoms with Gasteiger partial charge in [0.25, 0.3) is 0 Å². The first-order valence-electron chi connectivity index (χ1n) is 15.4. The van der Waals surface area contributed by atoms with Crippen molar-refractivity contribution in [3.63, 3.8) is 0 Å². The Hall–Kier alpha value is -3.63. The molecular formula is C32H48N4O7. The molecule has 2 aliphatic carbocycles. The number of esters is 1. The molecule has 3 rings (SSSR count). The third-order valence-corrected chi connectivity index (χ3v) is 8.13. The average molecular weight is 601 g/mol. The van der Waals surface area contributed by atoms with Crippen molar-refractivity contribution in [3.05, 3.63) is 35.9 Å². The van der Waals surface area contributed by atoms with Gasteiger partial charge >= 0.3 is 12.1 Å². The molecule has 2 fully saturated rings. The zero-order valence-corrected chi connectivity index (χ0v) is 26.1. The van der Waals surface area contributed by atoms with Gasteiger partial charge in [0.05, 0.1) is 0 Å². The second-order valence-electron chi connectivity index (χ2n) is 12.8. The maximum Gasteiger partial charge on any atom is 0.407 e. The Morgan fingerprint density at radius 1 is 0.791 bits per heavy atom. The van der Waals surface area contributed by atoms with E-state index in [1.165, 1.54) is 0 Å². The fraction of sp³-hybridized carbons (Fsp3) is 0.656. The Bertz CT molecular complexity index is 1120. The van der Waals surface area contributed by atoms with Gasteiger partial charge in [0.15, 0.2) is 0 Å². The van der Waals surface area contributed by atoms with E-state index in [1.807, 2.05) is 30.3 Å². The molecule has 0 radical (unpaired) electrons. The highest BCUT2D eigenvalue weighted by Gasteiger charge is 2.36. The summed E-state index contributed by atoms with van der Waals surface area (Å²) in [7, 11) is 0. The van der Waals surface area contributed by atoms with Gasteiger partial charge in [-0.05, 0) is 77.7 Å². The molecule has 0 saturated heterocycles. The van der Waals surface area contributed by atoms with Gasteiger partial charge in [0.1, 0.15) is 24.3 Å². The fourth-order valence-corrected chi connectivity index (χ4v) is 5.79. The van der Waals surface area contributed by atoms with Crippen LogP contribution < -0.4 is 21.3 Å². The minimum absolute atomic E-state index is 0.0291. The van der Waals surface area contributed by atoms with E-state index in [2.05, 4.69) is 21.3 Å². The Morgan fingerprint density at radius 3 is 1.88 bits per heavy atom. The van der Waals surface area contributed by atoms with Crippen LogP contribution in [0.2, 0.25) is 0 Å². The van der Waals surface area contributed by atoms with Gasteiger partial charge in [-0.2, -0.15) is 0 Å². The van der Waals surface area contributed by atoms with Crippen LogP contribution in [-0.4, -0.2) is 60.6 Å². The summed E-state index contributed by atoms with van der Waals surface area (Å²) in [5, 5.41) is 11.2. The molecule has 1 aromatic carbocycles. The van der Waals surface area contributed by atoms with Gasteiger partial charge in [0.2, 0.25) is 17.7 Å². The second-order valence-corrected chi connectivity index (χ2v) is 12.8. The summed E-state index contributed by atoms with van der Waals surface area (Å²) in [5.41, 5.74) is 0.265. The SMILES string of the molecule is C[C@@H](NC(=O)[C@@H]1CCC[C@H]1CNC(=O)OC(C)(C)C)C(=O)NC[C@@H]1CCC[C@H]1C(=O)N[C@H](C)C(=O)OCc1ccccc1. The van der Waals surface area contributed by atoms with E-state index in [0.29, 0.717) is 25.9 Å². The lowest BCUT2D eigenvalue weighted by atomic mass is 9.94. The Kier molecular flexibility index (Phi) is 12.4. The molecule has 11 nitrogen and oxygen atoms in total. The van der Waals surface area contributed by atoms with Crippen LogP contribution >= 0.6 is 0 Å². The molecule has 0 aliphatic heterocycles. The Labute approximate surface area is 254 Å². The summed E-state index contributed by atoms with van der Waals surface area (Å²) >= 11 is 0. The van der Waals surface area contributed by atoms with E-state index in [0.717, 1.165) is 31.2 Å². The highest BCUT2D eigenvalue weighted by molar-refractivity contribution is 5.89. The maximum atomic E-state index is 13.0. The van der Waals surface area contributed by atoms with Gasteiger partial charge in [0, 0.05) is 24.9 Å². The number of nitrogens with one attached hydrogen (secondary N) is 4. The van der Waals surface area contributed by atoms with Gasteiger partial charge in [-0.1, -0.05) is 43.2 Å². The standard InChI is InChI=1S/C32H48N4O7/c1-20(35-28(38)26-16-10-14-24(26)18-34-31(41)43-32(3,4)5)27(37)33-17-23-13-9-15-25(23)29(39)36-21(2)30(40)42-19-22-11-7-6-8-12-22/h6-8,11-12,20-21,23-26H,9-10,13-19H2,1-5H3,(H,33,37)(H,34,41)(H,35,38)(H,36,39)/t20-,21-,23+,24+,25-,26-/m1/s1. The third kappa shape index (κ3) is 10.9. The van der Waals surface area contributed by atoms with Crippen molar-refractivity contribution < 1.29 is 33.4 Å². The van der Waals surface area contributed by atoms with Gasteiger partial charge in [-0.3, -0.25) is 14.4 Å². The Balaban J connectivity index is 1.40. The highest BCUT2D eigenvalue weighted by Crippen LogP contribution is 2.32. The normalized spacial score (nSPS) is 23.0. The van der Waals surface area contributed by atoms with Crippen LogP contribution in [0, 0.1) is 23.7 Å². The van der Waals surface area contributed by atoms with Crippen LogP contribution in [0.5, 0.6) is 0 Å². The lowest BCUT2D eigenvalue weighted by Crippen LogP contribution is -2.49. The van der Waals surface area contributed by atoms with Crippen LogP contribution in [-0.2, 0) is 35.3 Å². The summed E-state index contributed by atoms with van der Waals surface area (Å²) in [4.78, 5) is 63.3. The van der Waals surface area contributed by atoms with Crippen molar-refractivity contribution >= 4 is 29.8 Å². The predicted octanol–water partition coefficient (Wildman–Crippen LogP) is 3.21. The molecule has 0 aromatic heterocycles. The van der Waals surface area contributed by atoms with Crippen molar-refractivity contribution in [3.8, 4) is 0 Å². The largest absolute Gasteiger partial charge is 0.459 e. The first kappa shape index (κ1) is 33.9. The monoisotopic (exact) mass is 600 g/mol. The van der Waals surface area contributed by atoms with Gasteiger partial charge in [-0.15, -0.1) is 0 Å². The summed E-state index contributed by atoms with van der Waals surface area (Å²) in [6.07, 6.45) is 4.15. The quantitative estimate of drug-likeness (QED) is 0.269. The molecule has 4 N–H and O–H groups in total. The van der Waals surface area contributed by atoms with Crippen molar-refractivity contribution in [2.45, 2.75) is 97.4 Å². The number of hydrogen-bond acceptors (Lipinski definition) is 7. The lowest BCUT2D eigenvalue weighted by Gasteiger charge is -2.24. The summed E-state index contributed by atoms with van der Waals surface area (Å²) in [6.45, 7) is 9.38. The molecule has 4 amide bonds. The molecule has 238 valence electrons. The molecule has 0 unspecified atom stereocenters. The van der Waals surface area contributed by atoms with Crippen LogP contribution in [0.15, 0.2) is 30.3 Å². The molecule has 2 aliphatic rings. The number of carbonyl (C=O) groups is 5. The summed E-state index contributed by atoms with van der Waals surface area (Å²) in [5.74, 6) is -1.98. The fourth-order valence-electron chi connectivity index (χ4n) is 5.79. The Morgan fingerprint density at radius 2 is 1.33 bits per heavy atom. The first-order valence-corrected chi connectivity index (χ1v) is 15.4. The molecule has 0 bridgehead atoms. The molecule has 11 heteroatoms. The van der Waals surface area contributed by atoms with Gasteiger partial charge in [-0.25, -0.2) is 9.59 Å². The van der Waals surface area contributed by atoms with Crippen LogP contribution in [0.1, 0.15) is 78.7 Å². The molecule has 0 spiro atoms. The van der Waals surface area contributed by atoms with Crippen molar-refractivity contribution in [2.75, 3.05) is 13.1 Å². The lowest BCUT2D eigenvalue weighted by molar-refractivity contribution is -0.149. The topological polar surface area (TPSA) is 152 Å². The van der Waals surface area contributed by atoms with Gasteiger partial charge < -0.3 is 30.7 Å². The molecule has 6 atom stereocenters. The smallest absolute Gasteiger partial charge is 0.407 e. The van der Waals surface area contributed by atoms with Crippen LogP contribution in [0.4, 0.5) is 4.79 Å². The predicted molar refractivity (Wildman–Crippen MR) is 160 cm³/mol. The summed E-state index contributed by atoms with van der Waals surface area (Å²) < 4.78 is 10.6.